The van der Waals surface area contributed by atoms with Crippen molar-refractivity contribution in [2.24, 2.45) is 0 Å². The highest BCUT2D eigenvalue weighted by Gasteiger charge is 2.20. The van der Waals surface area contributed by atoms with E-state index in [2.05, 4.69) is 4.90 Å². The number of hydrogen-bond donors (Lipinski definition) is 0. The molecule has 1 aromatic heterocycles. The van der Waals surface area contributed by atoms with E-state index >= 15 is 0 Å². The first-order chi connectivity index (χ1) is 12.2. The van der Waals surface area contributed by atoms with Crippen molar-refractivity contribution in [2.45, 2.75) is 6.54 Å². The van der Waals surface area contributed by atoms with Crippen LogP contribution in [0.1, 0.15) is 11.3 Å². The first-order valence-electron chi connectivity index (χ1n) is 8.21. The second-order valence-corrected chi connectivity index (χ2v) is 6.34. The minimum absolute atomic E-state index is 0.0105. The molecule has 0 atom stereocenters. The summed E-state index contributed by atoms with van der Waals surface area (Å²) in [7, 11) is 1.66. The van der Waals surface area contributed by atoms with E-state index in [1.807, 2.05) is 29.2 Å². The molecular weight excluding hydrogens is 340 g/mol. The van der Waals surface area contributed by atoms with Gasteiger partial charge in [0.15, 0.2) is 0 Å². The predicted octanol–water partition coefficient (Wildman–Crippen LogP) is 3.30. The van der Waals surface area contributed by atoms with Crippen LogP contribution < -0.4 is 4.74 Å². The molecule has 3 rings (SSSR count). The zero-order valence-electron chi connectivity index (χ0n) is 14.2. The topological polar surface area (TPSA) is 45.9 Å². The molecule has 2 heterocycles. The maximum atomic E-state index is 12.2. The molecule has 0 spiro atoms. The van der Waals surface area contributed by atoms with Crippen molar-refractivity contribution in [3.05, 3.63) is 59.0 Å². The zero-order valence-corrected chi connectivity index (χ0v) is 14.9. The minimum atomic E-state index is 0.0105. The van der Waals surface area contributed by atoms with Crippen LogP contribution in [-0.4, -0.2) is 49.0 Å². The summed E-state index contributed by atoms with van der Waals surface area (Å²) in [6.45, 7) is 3.79. The van der Waals surface area contributed by atoms with Crippen molar-refractivity contribution in [2.75, 3.05) is 33.3 Å². The molecule has 1 aliphatic heterocycles. The molecule has 1 saturated heterocycles. The highest BCUT2D eigenvalue weighted by molar-refractivity contribution is 6.30. The van der Waals surface area contributed by atoms with Crippen molar-refractivity contribution in [3.8, 4) is 5.75 Å². The summed E-state index contributed by atoms with van der Waals surface area (Å²) in [4.78, 5) is 16.4. The fourth-order valence-electron chi connectivity index (χ4n) is 2.88. The van der Waals surface area contributed by atoms with Crippen molar-refractivity contribution in [3.63, 3.8) is 0 Å². The largest absolute Gasteiger partial charge is 0.496 e. The highest BCUT2D eigenvalue weighted by Crippen LogP contribution is 2.24. The molecule has 0 radical (unpaired) electrons. The van der Waals surface area contributed by atoms with E-state index in [0.29, 0.717) is 23.9 Å². The smallest absolute Gasteiger partial charge is 0.246 e. The van der Waals surface area contributed by atoms with Gasteiger partial charge < -0.3 is 14.1 Å². The average Bonchev–Trinajstić information content (AvgIpc) is 3.14. The van der Waals surface area contributed by atoms with Gasteiger partial charge in [0.1, 0.15) is 11.5 Å². The number of benzene rings is 1. The molecule has 1 amide bonds. The molecule has 1 fully saturated rings. The van der Waals surface area contributed by atoms with Gasteiger partial charge in [-0.25, -0.2) is 0 Å². The Morgan fingerprint density at radius 1 is 1.28 bits per heavy atom. The van der Waals surface area contributed by atoms with E-state index in [0.717, 1.165) is 30.9 Å². The third kappa shape index (κ3) is 4.65. The van der Waals surface area contributed by atoms with Crippen molar-refractivity contribution in [1.29, 1.82) is 0 Å². The predicted molar refractivity (Wildman–Crippen MR) is 97.6 cm³/mol. The first kappa shape index (κ1) is 17.6. The minimum Gasteiger partial charge on any atom is -0.496 e. The third-order valence-electron chi connectivity index (χ3n) is 4.25. The lowest BCUT2D eigenvalue weighted by Gasteiger charge is -2.34. The van der Waals surface area contributed by atoms with E-state index in [-0.39, 0.29) is 5.91 Å². The molecule has 25 heavy (non-hydrogen) atoms. The van der Waals surface area contributed by atoms with Gasteiger partial charge in [0.05, 0.1) is 13.4 Å². The van der Waals surface area contributed by atoms with Crippen molar-refractivity contribution >= 4 is 23.6 Å². The number of ether oxygens (including phenoxy) is 1. The molecule has 6 heteroatoms. The van der Waals surface area contributed by atoms with E-state index < -0.39 is 0 Å². The monoisotopic (exact) mass is 360 g/mol. The zero-order chi connectivity index (χ0) is 17.6. The molecule has 1 aromatic carbocycles. The SMILES string of the molecule is COc1ccc(Cl)cc1CN1CCN(C(=O)/C=C/c2ccco2)CC1. The number of rotatable bonds is 5. The average molecular weight is 361 g/mol. The maximum Gasteiger partial charge on any atom is 0.246 e. The summed E-state index contributed by atoms with van der Waals surface area (Å²) in [6, 6.07) is 9.26. The van der Waals surface area contributed by atoms with Gasteiger partial charge in [-0.1, -0.05) is 11.6 Å². The van der Waals surface area contributed by atoms with Crippen LogP contribution in [0.2, 0.25) is 5.02 Å². The summed E-state index contributed by atoms with van der Waals surface area (Å²) in [6.07, 6.45) is 4.85. The number of furan rings is 1. The second-order valence-electron chi connectivity index (χ2n) is 5.91. The van der Waals surface area contributed by atoms with Crippen LogP contribution in [0.3, 0.4) is 0 Å². The lowest BCUT2D eigenvalue weighted by atomic mass is 10.1. The molecule has 2 aromatic rings. The van der Waals surface area contributed by atoms with Crippen LogP contribution in [0.4, 0.5) is 0 Å². The molecule has 0 aliphatic carbocycles. The van der Waals surface area contributed by atoms with Crippen LogP contribution in [0.25, 0.3) is 6.08 Å². The fourth-order valence-corrected chi connectivity index (χ4v) is 3.08. The van der Waals surface area contributed by atoms with E-state index in [1.54, 1.807) is 31.6 Å². The summed E-state index contributed by atoms with van der Waals surface area (Å²) >= 11 is 6.09. The summed E-state index contributed by atoms with van der Waals surface area (Å²) in [5, 5.41) is 0.702. The molecule has 1 aliphatic rings. The van der Waals surface area contributed by atoms with Gasteiger partial charge in [0, 0.05) is 49.4 Å². The van der Waals surface area contributed by atoms with Crippen molar-refractivity contribution in [1.82, 2.24) is 9.80 Å². The quantitative estimate of drug-likeness (QED) is 0.767. The van der Waals surface area contributed by atoms with Crippen LogP contribution in [0.15, 0.2) is 47.1 Å². The van der Waals surface area contributed by atoms with Gasteiger partial charge in [-0.2, -0.15) is 0 Å². The Morgan fingerprint density at radius 3 is 2.76 bits per heavy atom. The van der Waals surface area contributed by atoms with Crippen LogP contribution >= 0.6 is 11.6 Å². The first-order valence-corrected chi connectivity index (χ1v) is 8.59. The van der Waals surface area contributed by atoms with Gasteiger partial charge in [0.2, 0.25) is 5.91 Å². The number of amides is 1. The van der Waals surface area contributed by atoms with Gasteiger partial charge in [-0.3, -0.25) is 9.69 Å². The number of halogens is 1. The molecule has 132 valence electrons. The van der Waals surface area contributed by atoms with Crippen LogP contribution in [0.5, 0.6) is 5.75 Å². The molecule has 0 bridgehead atoms. The van der Waals surface area contributed by atoms with Gasteiger partial charge in [0.25, 0.3) is 0 Å². The molecule has 0 N–H and O–H groups in total. The molecular formula is C19H21ClN2O3. The Bertz CT molecular complexity index is 735. The van der Waals surface area contributed by atoms with Gasteiger partial charge in [-0.05, 0) is 36.4 Å². The van der Waals surface area contributed by atoms with Crippen LogP contribution in [0, 0.1) is 0 Å². The Labute approximate surface area is 152 Å². The fraction of sp³-hybridized carbons (Fsp3) is 0.316. The number of nitrogens with zero attached hydrogens (tertiary/aromatic N) is 2. The lowest BCUT2D eigenvalue weighted by Crippen LogP contribution is -2.47. The van der Waals surface area contributed by atoms with Gasteiger partial charge in [-0.15, -0.1) is 0 Å². The third-order valence-corrected chi connectivity index (χ3v) is 4.49. The summed E-state index contributed by atoms with van der Waals surface area (Å²) in [5.74, 6) is 1.53. The standard InChI is InChI=1S/C19H21ClN2O3/c1-24-18-6-4-16(20)13-15(18)14-21-8-10-22(11-9-21)19(23)7-5-17-3-2-12-25-17/h2-7,12-13H,8-11,14H2,1H3/b7-5+. The van der Waals surface area contributed by atoms with Gasteiger partial charge >= 0.3 is 0 Å². The number of methoxy groups -OCH3 is 1. The summed E-state index contributed by atoms with van der Waals surface area (Å²) < 4.78 is 10.6. The Morgan fingerprint density at radius 2 is 2.08 bits per heavy atom. The number of carbonyl (C=O) groups is 1. The van der Waals surface area contributed by atoms with E-state index in [1.165, 1.54) is 0 Å². The number of carbonyl (C=O) groups excluding carboxylic acids is 1. The number of piperazine rings is 1. The summed E-state index contributed by atoms with van der Waals surface area (Å²) in [5.41, 5.74) is 1.06. The molecule has 0 unspecified atom stereocenters. The van der Waals surface area contributed by atoms with Crippen LogP contribution in [-0.2, 0) is 11.3 Å². The van der Waals surface area contributed by atoms with Crippen molar-refractivity contribution < 1.29 is 13.9 Å². The molecule has 0 saturated carbocycles. The Balaban J connectivity index is 1.53. The van der Waals surface area contributed by atoms with E-state index in [9.17, 15) is 4.79 Å². The second kappa shape index (κ2) is 8.23. The molecule has 5 nitrogen and oxygen atoms in total. The Hall–Kier alpha value is -2.24. The number of hydrogen-bond acceptors (Lipinski definition) is 4. The lowest BCUT2D eigenvalue weighted by molar-refractivity contribution is -0.127. The normalized spacial score (nSPS) is 15.7. The van der Waals surface area contributed by atoms with E-state index in [4.69, 9.17) is 20.8 Å². The Kier molecular flexibility index (Phi) is 5.79. The maximum absolute atomic E-state index is 12.2. The highest BCUT2D eigenvalue weighted by atomic mass is 35.5.